The third kappa shape index (κ3) is 6.78. The summed E-state index contributed by atoms with van der Waals surface area (Å²) in [6.07, 6.45) is 9.14. The second-order valence-electron chi connectivity index (χ2n) is 8.77. The standard InChI is InChI=1S/C28H27BN3.C5H8O2.Ir/c1-19(2)21-11-9-12-22(20(3)4)27(21)29-24-14-10-13-23(25-15-5-7-17-30-25)28(24)31-26-16-6-8-18-32(26)29;1-4(6)3-5(2)7;/h5-12,14-20H,1-4H3;3,6H,1-2H3;/q-1;;/b;4-3-;/i1D3,2D3,3D3,4D3,19D,20D;;. The molecule has 0 aliphatic carbocycles. The number of nitrogens with zero attached hydrogens (tertiary/aromatic N) is 3. The average molecular weight is 723 g/mol. The second kappa shape index (κ2) is 13.7. The van der Waals surface area contributed by atoms with Crippen molar-refractivity contribution in [3.8, 4) is 11.3 Å². The summed E-state index contributed by atoms with van der Waals surface area (Å²) in [4.78, 5) is 20.7. The molecule has 2 aromatic carbocycles. The number of carbonyl (C=O) groups excluding carboxylic acids is 1. The van der Waals surface area contributed by atoms with Gasteiger partial charge in [-0.1, -0.05) is 63.8 Å². The SMILES string of the molecule is CC(=O)/C=C(/C)O.[2H]C([2H])([2H])C([2H])(c1cccc(C([2H])(C([2H])([2H])[2H])C([2H])([2H])[2H])c1B1c2cc[c-]c(-c3ccccn3)c2N=C2C=CC=CN12)C([2H])([2H])[2H].[Ir]. The maximum atomic E-state index is 10.0. The van der Waals surface area contributed by atoms with Gasteiger partial charge in [-0.2, -0.15) is 0 Å². The van der Waals surface area contributed by atoms with Crippen LogP contribution in [0.3, 0.4) is 0 Å². The van der Waals surface area contributed by atoms with Crippen molar-refractivity contribution < 1.29 is 49.2 Å². The van der Waals surface area contributed by atoms with Crippen LogP contribution in [0.15, 0.2) is 96.0 Å². The van der Waals surface area contributed by atoms with Crippen molar-refractivity contribution in [2.45, 2.75) is 53.0 Å². The van der Waals surface area contributed by atoms with E-state index in [1.54, 1.807) is 48.7 Å². The summed E-state index contributed by atoms with van der Waals surface area (Å²) in [6, 6.07) is 14.6. The topological polar surface area (TPSA) is 65.8 Å². The fraction of sp³-hybridized carbons (Fsp3) is 0.242. The number of ketones is 1. The molecule has 3 heterocycles. The zero-order chi connectivity index (χ0) is 39.9. The Hall–Kier alpha value is -3.54. The Morgan fingerprint density at radius 1 is 1.07 bits per heavy atom. The van der Waals surface area contributed by atoms with Gasteiger partial charge in [-0.25, -0.2) is 0 Å². The van der Waals surface area contributed by atoms with E-state index in [2.05, 4.69) is 11.1 Å². The molecular formula is C33H35BIrN3O2-. The molecule has 0 spiro atoms. The Balaban J connectivity index is 0.000000893. The molecule has 1 N–H and O–H groups in total. The number of fused-ring (bicyclic) bond motifs is 2. The minimum atomic E-state index is -3.52. The van der Waals surface area contributed by atoms with Crippen molar-refractivity contribution in [2.75, 3.05) is 0 Å². The number of amidine groups is 1. The molecule has 5 rings (SSSR count). The van der Waals surface area contributed by atoms with E-state index in [-0.39, 0.29) is 48.6 Å². The van der Waals surface area contributed by atoms with Crippen LogP contribution in [0.1, 0.15) is 83.4 Å². The molecule has 2 aliphatic rings. The molecule has 1 radical (unpaired) electrons. The second-order valence-corrected chi connectivity index (χ2v) is 8.77. The number of aliphatic hydroxyl groups is 1. The fourth-order valence-corrected chi connectivity index (χ4v) is 4.46. The third-order valence-corrected chi connectivity index (χ3v) is 5.92. The minimum absolute atomic E-state index is 0. The van der Waals surface area contributed by atoms with Gasteiger partial charge in [-0.3, -0.25) is 9.79 Å². The van der Waals surface area contributed by atoms with Crippen molar-refractivity contribution in [2.24, 2.45) is 4.99 Å². The van der Waals surface area contributed by atoms with E-state index in [0.29, 0.717) is 11.3 Å². The predicted octanol–water partition coefficient (Wildman–Crippen LogP) is 6.37. The smallest absolute Gasteiger partial charge is 0.312 e. The van der Waals surface area contributed by atoms with Crippen molar-refractivity contribution in [3.05, 3.63) is 108 Å². The van der Waals surface area contributed by atoms with E-state index in [1.807, 2.05) is 0 Å². The fourth-order valence-electron chi connectivity index (χ4n) is 4.46. The maximum Gasteiger partial charge on any atom is 0.312 e. The van der Waals surface area contributed by atoms with Gasteiger partial charge in [-0.15, -0.1) is 29.2 Å². The van der Waals surface area contributed by atoms with Crippen molar-refractivity contribution >= 4 is 35.1 Å². The maximum absolute atomic E-state index is 10.0. The molecular weight excluding hydrogens is 673 g/mol. The van der Waals surface area contributed by atoms with Gasteiger partial charge < -0.3 is 14.9 Å². The van der Waals surface area contributed by atoms with Gasteiger partial charge in [0.05, 0.1) is 5.76 Å². The number of hydrogen-bond donors (Lipinski definition) is 1. The summed E-state index contributed by atoms with van der Waals surface area (Å²) in [5, 5.41) is 8.36. The van der Waals surface area contributed by atoms with E-state index in [1.165, 1.54) is 37.0 Å². The van der Waals surface area contributed by atoms with Crippen molar-refractivity contribution in [3.63, 3.8) is 0 Å². The summed E-state index contributed by atoms with van der Waals surface area (Å²) in [5.74, 6) is -6.57. The number of benzene rings is 2. The summed E-state index contributed by atoms with van der Waals surface area (Å²) in [6.45, 7) is -12.6. The molecule has 40 heavy (non-hydrogen) atoms. The number of allylic oxidation sites excluding steroid dienone is 4. The quantitative estimate of drug-likeness (QED) is 0.144. The Morgan fingerprint density at radius 2 is 1.80 bits per heavy atom. The number of aliphatic imine (C=N–C) groups is 1. The van der Waals surface area contributed by atoms with Crippen LogP contribution in [0.2, 0.25) is 0 Å². The van der Waals surface area contributed by atoms with Gasteiger partial charge in [0, 0.05) is 51.6 Å². The van der Waals surface area contributed by atoms with Crippen LogP contribution >= 0.6 is 0 Å². The molecule has 2 aliphatic heterocycles. The molecule has 0 saturated heterocycles. The minimum Gasteiger partial charge on any atom is -0.512 e. The molecule has 0 saturated carbocycles. The number of aromatic nitrogens is 1. The first-order chi connectivity index (χ1) is 24.3. The van der Waals surface area contributed by atoms with Crippen LogP contribution < -0.4 is 10.9 Å². The predicted molar refractivity (Wildman–Crippen MR) is 162 cm³/mol. The first kappa shape index (κ1) is 16.7. The molecule has 3 aromatic rings. The van der Waals surface area contributed by atoms with Crippen LogP contribution in [0, 0.1) is 6.07 Å². The van der Waals surface area contributed by atoms with Gasteiger partial charge in [0.15, 0.2) is 5.78 Å². The van der Waals surface area contributed by atoms with Crippen molar-refractivity contribution in [1.29, 1.82) is 0 Å². The molecule has 207 valence electrons. The molecule has 0 fully saturated rings. The van der Waals surface area contributed by atoms with Gasteiger partial charge in [-0.05, 0) is 78.0 Å². The van der Waals surface area contributed by atoms with Gasteiger partial charge in [0.2, 0.25) is 0 Å². The molecule has 5 nitrogen and oxygen atoms in total. The summed E-state index contributed by atoms with van der Waals surface area (Å²) in [5.41, 5.74) is -0.323. The molecule has 0 unspecified atom stereocenters. The zero-order valence-corrected chi connectivity index (χ0v) is 24.1. The number of carbonyl (C=O) groups is 1. The molecule has 0 amide bonds. The largest absolute Gasteiger partial charge is 0.512 e. The van der Waals surface area contributed by atoms with Crippen molar-refractivity contribution in [1.82, 2.24) is 9.79 Å². The van der Waals surface area contributed by atoms with Gasteiger partial charge >= 0.3 is 6.85 Å². The normalized spacial score (nSPS) is 20.6. The van der Waals surface area contributed by atoms with Crippen LogP contribution in [0.25, 0.3) is 11.3 Å². The summed E-state index contributed by atoms with van der Waals surface area (Å²) >= 11 is 0. The van der Waals surface area contributed by atoms with E-state index < -0.39 is 62.6 Å². The van der Waals surface area contributed by atoms with Crippen LogP contribution in [0.5, 0.6) is 0 Å². The summed E-state index contributed by atoms with van der Waals surface area (Å²) in [7, 11) is 0. The number of rotatable bonds is 5. The number of pyridine rings is 1. The Labute approximate surface area is 271 Å². The van der Waals surface area contributed by atoms with Crippen LogP contribution in [-0.2, 0) is 24.9 Å². The Bertz CT molecular complexity index is 1900. The first-order valence-corrected chi connectivity index (χ1v) is 12.0. The van der Waals surface area contributed by atoms with Crippen LogP contribution in [0.4, 0.5) is 5.69 Å². The Morgan fingerprint density at radius 3 is 2.38 bits per heavy atom. The Kier molecular flexibility index (Phi) is 5.70. The van der Waals surface area contributed by atoms with Gasteiger partial charge in [0.25, 0.3) is 0 Å². The van der Waals surface area contributed by atoms with Gasteiger partial charge in [0.1, 0.15) is 5.84 Å². The third-order valence-electron chi connectivity index (χ3n) is 5.92. The molecule has 7 heteroatoms. The molecule has 0 atom stereocenters. The number of hydrogen-bond acceptors (Lipinski definition) is 5. The average Bonchev–Trinajstić information content (AvgIpc) is 3.04. The van der Waals surface area contributed by atoms with E-state index >= 15 is 0 Å². The zero-order valence-electron chi connectivity index (χ0n) is 35.7. The van der Waals surface area contributed by atoms with Crippen LogP contribution in [-0.4, -0.2) is 33.4 Å². The first-order valence-electron chi connectivity index (χ1n) is 19.0. The van der Waals surface area contributed by atoms with E-state index in [0.717, 1.165) is 18.2 Å². The monoisotopic (exact) mass is 723 g/mol. The molecule has 1 aromatic heterocycles. The molecule has 0 bridgehead atoms. The number of aliphatic hydroxyl groups excluding tert-OH is 1. The van der Waals surface area contributed by atoms with E-state index in [4.69, 9.17) is 29.3 Å². The summed E-state index contributed by atoms with van der Waals surface area (Å²) < 4.78 is 118. The van der Waals surface area contributed by atoms with E-state index in [9.17, 15) is 4.79 Å².